The maximum absolute atomic E-state index is 12.2. The van der Waals surface area contributed by atoms with Crippen LogP contribution in [0.1, 0.15) is 38.5 Å². The van der Waals surface area contributed by atoms with E-state index in [0.29, 0.717) is 26.1 Å². The number of para-hydroxylation sites is 1. The molecule has 0 unspecified atom stereocenters. The molecule has 2 aliphatic heterocycles. The predicted molar refractivity (Wildman–Crippen MR) is 99.4 cm³/mol. The fraction of sp³-hybridized carbons (Fsp3) is 0.600. The van der Waals surface area contributed by atoms with E-state index in [9.17, 15) is 9.59 Å². The number of anilines is 1. The first-order chi connectivity index (χ1) is 12.2. The van der Waals surface area contributed by atoms with E-state index in [0.717, 1.165) is 18.8 Å². The number of carbonyl (C=O) groups is 2. The van der Waals surface area contributed by atoms with Crippen LogP contribution < -0.4 is 10.2 Å². The molecule has 1 N–H and O–H groups in total. The van der Waals surface area contributed by atoms with Crippen molar-refractivity contribution in [3.8, 4) is 0 Å². The van der Waals surface area contributed by atoms with Gasteiger partial charge in [-0.2, -0.15) is 0 Å². The summed E-state index contributed by atoms with van der Waals surface area (Å²) in [6, 6.07) is 9.76. The summed E-state index contributed by atoms with van der Waals surface area (Å²) in [6.07, 6.45) is 6.77. The molecule has 2 heterocycles. The first-order valence-corrected chi connectivity index (χ1v) is 9.57. The summed E-state index contributed by atoms with van der Waals surface area (Å²) < 4.78 is 0. The Labute approximate surface area is 150 Å². The van der Waals surface area contributed by atoms with Gasteiger partial charge in [-0.3, -0.25) is 14.5 Å². The van der Waals surface area contributed by atoms with Crippen molar-refractivity contribution in [3.05, 3.63) is 30.3 Å². The van der Waals surface area contributed by atoms with Gasteiger partial charge in [-0.25, -0.2) is 0 Å². The molecule has 0 aliphatic carbocycles. The lowest BCUT2D eigenvalue weighted by atomic mass is 10.1. The van der Waals surface area contributed by atoms with Crippen molar-refractivity contribution in [2.75, 3.05) is 37.6 Å². The van der Waals surface area contributed by atoms with E-state index in [1.807, 2.05) is 35.2 Å². The van der Waals surface area contributed by atoms with Crippen LogP contribution in [0.15, 0.2) is 30.3 Å². The van der Waals surface area contributed by atoms with Crippen LogP contribution in [-0.4, -0.2) is 49.4 Å². The highest BCUT2D eigenvalue weighted by Gasteiger charge is 2.30. The second kappa shape index (κ2) is 8.99. The molecule has 0 spiro atoms. The van der Waals surface area contributed by atoms with Gasteiger partial charge in [0.1, 0.15) is 0 Å². The topological polar surface area (TPSA) is 52.7 Å². The minimum absolute atomic E-state index is 0.0891. The Balaban J connectivity index is 1.42. The molecule has 1 aromatic carbocycles. The number of likely N-dealkylation sites (tertiary alicyclic amines) is 1. The van der Waals surface area contributed by atoms with Gasteiger partial charge in [-0.15, -0.1) is 0 Å². The van der Waals surface area contributed by atoms with E-state index >= 15 is 0 Å². The maximum Gasteiger partial charge on any atom is 0.234 e. The van der Waals surface area contributed by atoms with E-state index in [1.54, 1.807) is 0 Å². The third kappa shape index (κ3) is 5.30. The highest BCUT2D eigenvalue weighted by atomic mass is 16.2. The maximum atomic E-state index is 12.2. The summed E-state index contributed by atoms with van der Waals surface area (Å²) in [5.74, 6) is 0.435. The predicted octanol–water partition coefficient (Wildman–Crippen LogP) is 2.42. The van der Waals surface area contributed by atoms with Crippen molar-refractivity contribution >= 4 is 17.5 Å². The van der Waals surface area contributed by atoms with Gasteiger partial charge in [-0.1, -0.05) is 37.5 Å². The first kappa shape index (κ1) is 17.9. The van der Waals surface area contributed by atoms with Crippen LogP contribution in [0.25, 0.3) is 0 Å². The van der Waals surface area contributed by atoms with Crippen LogP contribution in [0.5, 0.6) is 0 Å². The van der Waals surface area contributed by atoms with Crippen LogP contribution in [0.2, 0.25) is 0 Å². The molecule has 2 aliphatic rings. The number of nitrogens with one attached hydrogen (secondary N) is 1. The Kier molecular flexibility index (Phi) is 6.45. The zero-order valence-electron chi connectivity index (χ0n) is 15.0. The molecule has 5 heteroatoms. The number of nitrogens with zero attached hydrogens (tertiary/aromatic N) is 2. The van der Waals surface area contributed by atoms with Crippen molar-refractivity contribution in [2.24, 2.45) is 5.92 Å². The quantitative estimate of drug-likeness (QED) is 0.893. The fourth-order valence-electron chi connectivity index (χ4n) is 3.76. The highest BCUT2D eigenvalue weighted by Crippen LogP contribution is 2.24. The molecule has 2 amide bonds. The summed E-state index contributed by atoms with van der Waals surface area (Å²) in [7, 11) is 0. The Bertz CT molecular complexity index is 568. The summed E-state index contributed by atoms with van der Waals surface area (Å²) in [4.78, 5) is 28.6. The van der Waals surface area contributed by atoms with Crippen LogP contribution in [-0.2, 0) is 9.59 Å². The van der Waals surface area contributed by atoms with E-state index in [2.05, 4.69) is 10.2 Å². The lowest BCUT2D eigenvalue weighted by Crippen LogP contribution is -2.40. The zero-order chi connectivity index (χ0) is 17.5. The van der Waals surface area contributed by atoms with Gasteiger partial charge in [0.25, 0.3) is 0 Å². The molecule has 2 fully saturated rings. The average Bonchev–Trinajstić information content (AvgIpc) is 2.97. The minimum Gasteiger partial charge on any atom is -0.355 e. The fourth-order valence-corrected chi connectivity index (χ4v) is 3.76. The first-order valence-electron chi connectivity index (χ1n) is 9.57. The molecule has 0 radical (unpaired) electrons. The van der Waals surface area contributed by atoms with Gasteiger partial charge in [0.2, 0.25) is 11.8 Å². The largest absolute Gasteiger partial charge is 0.355 e. The number of amides is 2. The van der Waals surface area contributed by atoms with Gasteiger partial charge in [0.15, 0.2) is 0 Å². The standard InChI is InChI=1S/C20H29N3O2/c24-19(16-22-11-7-2-1-3-8-12-22)21-14-17-13-20(25)23(15-17)18-9-5-4-6-10-18/h4-6,9-10,17H,1-3,7-8,11-16H2,(H,21,24)/t17-/m0/s1. The third-order valence-corrected chi connectivity index (χ3v) is 5.18. The van der Waals surface area contributed by atoms with Crippen molar-refractivity contribution in [2.45, 2.75) is 38.5 Å². The van der Waals surface area contributed by atoms with E-state index < -0.39 is 0 Å². The molecule has 1 atom stereocenters. The van der Waals surface area contributed by atoms with Crippen molar-refractivity contribution in [1.29, 1.82) is 0 Å². The molecule has 25 heavy (non-hydrogen) atoms. The van der Waals surface area contributed by atoms with Crippen molar-refractivity contribution in [1.82, 2.24) is 10.2 Å². The van der Waals surface area contributed by atoms with Crippen LogP contribution in [0.4, 0.5) is 5.69 Å². The van der Waals surface area contributed by atoms with Gasteiger partial charge < -0.3 is 10.2 Å². The second-order valence-corrected chi connectivity index (χ2v) is 7.26. The average molecular weight is 343 g/mol. The molecule has 2 saturated heterocycles. The summed E-state index contributed by atoms with van der Waals surface area (Å²) in [6.45, 7) is 3.81. The number of hydrogen-bond acceptors (Lipinski definition) is 3. The number of benzene rings is 1. The van der Waals surface area contributed by atoms with Crippen LogP contribution >= 0.6 is 0 Å². The molecule has 3 rings (SSSR count). The number of carbonyl (C=O) groups excluding carboxylic acids is 2. The zero-order valence-corrected chi connectivity index (χ0v) is 15.0. The summed E-state index contributed by atoms with van der Waals surface area (Å²) in [5, 5.41) is 3.04. The summed E-state index contributed by atoms with van der Waals surface area (Å²) in [5.41, 5.74) is 0.946. The van der Waals surface area contributed by atoms with E-state index in [4.69, 9.17) is 0 Å². The van der Waals surface area contributed by atoms with E-state index in [-0.39, 0.29) is 17.7 Å². The lowest BCUT2D eigenvalue weighted by Gasteiger charge is -2.24. The number of hydrogen-bond donors (Lipinski definition) is 1. The molecule has 1 aromatic rings. The van der Waals surface area contributed by atoms with Gasteiger partial charge >= 0.3 is 0 Å². The molecule has 0 bridgehead atoms. The highest BCUT2D eigenvalue weighted by molar-refractivity contribution is 5.95. The Morgan fingerprint density at radius 2 is 1.72 bits per heavy atom. The van der Waals surface area contributed by atoms with Gasteiger partial charge in [0, 0.05) is 31.1 Å². The van der Waals surface area contributed by atoms with Crippen LogP contribution in [0.3, 0.4) is 0 Å². The Hall–Kier alpha value is -1.88. The Morgan fingerprint density at radius 1 is 1.04 bits per heavy atom. The molecule has 5 nitrogen and oxygen atoms in total. The molecule has 0 saturated carbocycles. The molecule has 136 valence electrons. The minimum atomic E-state index is 0.0891. The van der Waals surface area contributed by atoms with E-state index in [1.165, 1.54) is 32.1 Å². The molecule has 0 aromatic heterocycles. The van der Waals surface area contributed by atoms with Crippen LogP contribution in [0, 0.1) is 5.92 Å². The smallest absolute Gasteiger partial charge is 0.234 e. The molecular weight excluding hydrogens is 314 g/mol. The Morgan fingerprint density at radius 3 is 2.44 bits per heavy atom. The normalized spacial score (nSPS) is 22.5. The monoisotopic (exact) mass is 343 g/mol. The summed E-state index contributed by atoms with van der Waals surface area (Å²) >= 11 is 0. The third-order valence-electron chi connectivity index (χ3n) is 5.18. The van der Waals surface area contributed by atoms with Crippen molar-refractivity contribution < 1.29 is 9.59 Å². The lowest BCUT2D eigenvalue weighted by molar-refractivity contribution is -0.123. The second-order valence-electron chi connectivity index (χ2n) is 7.26. The SMILES string of the molecule is O=C(CN1CCCCCCC1)NC[C@@H]1CC(=O)N(c2ccccc2)C1. The number of rotatable bonds is 5. The van der Waals surface area contributed by atoms with Crippen molar-refractivity contribution in [3.63, 3.8) is 0 Å². The molecular formula is C20H29N3O2. The van der Waals surface area contributed by atoms with Gasteiger partial charge in [0.05, 0.1) is 6.54 Å². The van der Waals surface area contributed by atoms with Gasteiger partial charge in [-0.05, 0) is 38.1 Å².